The smallest absolute Gasteiger partial charge is 0.167 e. The summed E-state index contributed by atoms with van der Waals surface area (Å²) in [7, 11) is 0. The van der Waals surface area contributed by atoms with E-state index in [1.54, 1.807) is 11.3 Å². The van der Waals surface area contributed by atoms with Crippen molar-refractivity contribution in [3.8, 4) is 0 Å². The summed E-state index contributed by atoms with van der Waals surface area (Å²) in [5.41, 5.74) is 0.951. The Hall–Kier alpha value is -1.15. The minimum Gasteiger partial charge on any atom is -0.294 e. The number of hydrogen-bond acceptors (Lipinski definition) is 2. The standard InChI is InChI=1S/C17H20OS/c1-11-7-8-13(9-12(11)2)17(18)15-10-19-16-6-4-3-5-14(15)16/h3-6,10-13H,7-9H2,1-2H3. The van der Waals surface area contributed by atoms with E-state index in [9.17, 15) is 4.79 Å². The third-order valence-electron chi connectivity index (χ3n) is 4.72. The normalized spacial score (nSPS) is 27.6. The van der Waals surface area contributed by atoms with Crippen LogP contribution in [-0.4, -0.2) is 5.78 Å². The third kappa shape index (κ3) is 2.34. The van der Waals surface area contributed by atoms with Crippen molar-refractivity contribution in [1.29, 1.82) is 0 Å². The van der Waals surface area contributed by atoms with Gasteiger partial charge in [-0.25, -0.2) is 0 Å². The number of thiophene rings is 1. The fraction of sp³-hybridized carbons (Fsp3) is 0.471. The van der Waals surface area contributed by atoms with Crippen LogP contribution in [0.25, 0.3) is 10.1 Å². The van der Waals surface area contributed by atoms with E-state index in [-0.39, 0.29) is 5.92 Å². The van der Waals surface area contributed by atoms with Gasteiger partial charge in [-0.2, -0.15) is 0 Å². The average molecular weight is 272 g/mol. The van der Waals surface area contributed by atoms with Crippen molar-refractivity contribution in [1.82, 2.24) is 0 Å². The van der Waals surface area contributed by atoms with Crippen molar-refractivity contribution in [3.05, 3.63) is 35.2 Å². The van der Waals surface area contributed by atoms with Gasteiger partial charge in [0, 0.05) is 26.9 Å². The molecule has 0 spiro atoms. The zero-order valence-electron chi connectivity index (χ0n) is 11.6. The van der Waals surface area contributed by atoms with Crippen LogP contribution < -0.4 is 0 Å². The van der Waals surface area contributed by atoms with Crippen LogP contribution >= 0.6 is 11.3 Å². The van der Waals surface area contributed by atoms with Crippen LogP contribution in [0.2, 0.25) is 0 Å². The second-order valence-corrected chi connectivity index (χ2v) is 6.89. The van der Waals surface area contributed by atoms with Crippen molar-refractivity contribution in [3.63, 3.8) is 0 Å². The summed E-state index contributed by atoms with van der Waals surface area (Å²) >= 11 is 1.69. The number of rotatable bonds is 2. The van der Waals surface area contributed by atoms with E-state index in [0.717, 1.165) is 29.7 Å². The maximum Gasteiger partial charge on any atom is 0.167 e. The zero-order valence-corrected chi connectivity index (χ0v) is 12.4. The molecule has 0 N–H and O–H groups in total. The molecule has 1 aliphatic carbocycles. The monoisotopic (exact) mass is 272 g/mol. The average Bonchev–Trinajstić information content (AvgIpc) is 2.85. The molecule has 3 unspecified atom stereocenters. The number of Topliss-reactive ketones (excluding diaryl/α,β-unsaturated/α-hetero) is 1. The minimum atomic E-state index is 0.240. The van der Waals surface area contributed by atoms with Crippen LogP contribution in [0.5, 0.6) is 0 Å². The Kier molecular flexibility index (Phi) is 3.44. The Balaban J connectivity index is 1.88. The molecule has 19 heavy (non-hydrogen) atoms. The molecule has 1 fully saturated rings. The van der Waals surface area contributed by atoms with Gasteiger partial charge in [0.15, 0.2) is 5.78 Å². The molecule has 100 valence electrons. The van der Waals surface area contributed by atoms with Crippen molar-refractivity contribution < 1.29 is 4.79 Å². The first kappa shape index (κ1) is 12.9. The molecule has 0 radical (unpaired) electrons. The predicted molar refractivity (Wildman–Crippen MR) is 81.8 cm³/mol. The first-order valence-corrected chi connectivity index (χ1v) is 8.05. The van der Waals surface area contributed by atoms with E-state index < -0.39 is 0 Å². The number of hydrogen-bond donors (Lipinski definition) is 0. The summed E-state index contributed by atoms with van der Waals surface area (Å²) in [6.45, 7) is 4.60. The van der Waals surface area contributed by atoms with E-state index in [2.05, 4.69) is 31.4 Å². The van der Waals surface area contributed by atoms with Crippen molar-refractivity contribution in [2.45, 2.75) is 33.1 Å². The number of carbonyl (C=O) groups excluding carboxylic acids is 1. The fourth-order valence-corrected chi connectivity index (χ4v) is 4.12. The van der Waals surface area contributed by atoms with Crippen LogP contribution in [0.4, 0.5) is 0 Å². The highest BCUT2D eigenvalue weighted by Gasteiger charge is 2.30. The molecule has 0 bridgehead atoms. The molecule has 0 aliphatic heterocycles. The Morgan fingerprint density at radius 3 is 2.74 bits per heavy atom. The highest BCUT2D eigenvalue weighted by atomic mass is 32.1. The Labute approximate surface area is 118 Å². The van der Waals surface area contributed by atoms with Gasteiger partial charge in [0.1, 0.15) is 0 Å². The Morgan fingerprint density at radius 2 is 1.95 bits per heavy atom. The summed E-state index contributed by atoms with van der Waals surface area (Å²) < 4.78 is 1.23. The lowest BCUT2D eigenvalue weighted by molar-refractivity contribution is 0.0840. The Bertz CT molecular complexity index is 598. The highest BCUT2D eigenvalue weighted by Crippen LogP contribution is 2.37. The van der Waals surface area contributed by atoms with Gasteiger partial charge < -0.3 is 0 Å². The predicted octanol–water partition coefficient (Wildman–Crippen LogP) is 5.16. The molecule has 1 nitrogen and oxygen atoms in total. The molecule has 3 rings (SSSR count). The van der Waals surface area contributed by atoms with Gasteiger partial charge in [-0.1, -0.05) is 32.0 Å². The van der Waals surface area contributed by atoms with Gasteiger partial charge in [0.05, 0.1) is 0 Å². The first-order valence-electron chi connectivity index (χ1n) is 7.17. The molecular weight excluding hydrogens is 252 g/mol. The topological polar surface area (TPSA) is 17.1 Å². The summed E-state index contributed by atoms with van der Waals surface area (Å²) in [6.07, 6.45) is 3.32. The summed E-state index contributed by atoms with van der Waals surface area (Å²) in [5, 5.41) is 3.19. The van der Waals surface area contributed by atoms with Gasteiger partial charge in [-0.15, -0.1) is 11.3 Å². The highest BCUT2D eigenvalue weighted by molar-refractivity contribution is 7.17. The molecular formula is C17H20OS. The number of fused-ring (bicyclic) bond motifs is 1. The maximum absolute atomic E-state index is 12.7. The lowest BCUT2D eigenvalue weighted by Crippen LogP contribution is -2.26. The molecule has 2 heteroatoms. The van der Waals surface area contributed by atoms with Gasteiger partial charge >= 0.3 is 0 Å². The molecule has 3 atom stereocenters. The van der Waals surface area contributed by atoms with Crippen molar-refractivity contribution in [2.75, 3.05) is 0 Å². The second-order valence-electron chi connectivity index (χ2n) is 5.97. The summed E-state index contributed by atoms with van der Waals surface area (Å²) in [4.78, 5) is 12.7. The molecule has 1 saturated carbocycles. The van der Waals surface area contributed by atoms with E-state index in [4.69, 9.17) is 0 Å². The molecule has 1 heterocycles. The van der Waals surface area contributed by atoms with Crippen molar-refractivity contribution >= 4 is 27.2 Å². The number of carbonyl (C=O) groups is 1. The third-order valence-corrected chi connectivity index (χ3v) is 5.68. The molecule has 1 aromatic heterocycles. The van der Waals surface area contributed by atoms with Gasteiger partial charge in [0.2, 0.25) is 0 Å². The lowest BCUT2D eigenvalue weighted by Gasteiger charge is -2.31. The van der Waals surface area contributed by atoms with Crippen molar-refractivity contribution in [2.24, 2.45) is 17.8 Å². The lowest BCUT2D eigenvalue weighted by atomic mass is 9.73. The van der Waals surface area contributed by atoms with E-state index >= 15 is 0 Å². The zero-order chi connectivity index (χ0) is 13.4. The van der Waals surface area contributed by atoms with Gasteiger partial charge in [-0.3, -0.25) is 4.79 Å². The molecule has 1 aromatic carbocycles. The SMILES string of the molecule is CC1CCC(C(=O)c2csc3ccccc23)CC1C. The van der Waals surface area contributed by atoms with Gasteiger partial charge in [0.25, 0.3) is 0 Å². The quantitative estimate of drug-likeness (QED) is 0.690. The van der Waals surface area contributed by atoms with Crippen LogP contribution in [-0.2, 0) is 0 Å². The molecule has 1 aliphatic rings. The molecule has 0 amide bonds. The minimum absolute atomic E-state index is 0.240. The molecule has 0 saturated heterocycles. The van der Waals surface area contributed by atoms with Crippen LogP contribution in [0.1, 0.15) is 43.5 Å². The Morgan fingerprint density at radius 1 is 1.16 bits per heavy atom. The van der Waals surface area contributed by atoms with E-state index in [1.165, 1.54) is 11.1 Å². The summed E-state index contributed by atoms with van der Waals surface area (Å²) in [5.74, 6) is 2.05. The fourth-order valence-electron chi connectivity index (χ4n) is 3.17. The maximum atomic E-state index is 12.7. The first-order chi connectivity index (χ1) is 9.16. The van der Waals surface area contributed by atoms with Crippen LogP contribution in [0, 0.1) is 17.8 Å². The van der Waals surface area contributed by atoms with E-state index in [0.29, 0.717) is 11.7 Å². The largest absolute Gasteiger partial charge is 0.294 e. The number of benzene rings is 1. The second kappa shape index (κ2) is 5.09. The summed E-state index contributed by atoms with van der Waals surface area (Å²) in [6, 6.07) is 8.24. The van der Waals surface area contributed by atoms with Crippen LogP contribution in [0.15, 0.2) is 29.6 Å². The number of ketones is 1. The van der Waals surface area contributed by atoms with Crippen LogP contribution in [0.3, 0.4) is 0 Å². The molecule has 2 aromatic rings. The van der Waals surface area contributed by atoms with E-state index in [1.807, 2.05) is 12.1 Å². The van der Waals surface area contributed by atoms with Gasteiger partial charge in [-0.05, 0) is 37.2 Å².